The monoisotopic (exact) mass is 367 g/mol. The van der Waals surface area contributed by atoms with E-state index >= 15 is 0 Å². The van der Waals surface area contributed by atoms with Crippen LogP contribution in [0.1, 0.15) is 20.1 Å². The van der Waals surface area contributed by atoms with Gasteiger partial charge >= 0.3 is 0 Å². The van der Waals surface area contributed by atoms with Gasteiger partial charge in [0.15, 0.2) is 17.4 Å². The zero-order chi connectivity index (χ0) is 19.0. The summed E-state index contributed by atoms with van der Waals surface area (Å²) >= 11 is 0. The van der Waals surface area contributed by atoms with E-state index in [0.717, 1.165) is 0 Å². The van der Waals surface area contributed by atoms with Gasteiger partial charge in [-0.1, -0.05) is 13.8 Å². The van der Waals surface area contributed by atoms with Gasteiger partial charge < -0.3 is 19.7 Å². The van der Waals surface area contributed by atoms with Crippen LogP contribution in [-0.4, -0.2) is 67.7 Å². The summed E-state index contributed by atoms with van der Waals surface area (Å²) in [6.07, 6.45) is -2.21. The molecule has 3 heterocycles. The maximum atomic E-state index is 12.2. The lowest BCUT2D eigenvalue weighted by Crippen LogP contribution is -2.34. The van der Waals surface area contributed by atoms with Crippen LogP contribution in [0.25, 0.3) is 11.2 Å². The van der Waals surface area contributed by atoms with Gasteiger partial charge in [-0.05, 0) is 0 Å². The lowest BCUT2D eigenvalue weighted by atomic mass is 10.1. The van der Waals surface area contributed by atoms with Crippen LogP contribution >= 0.6 is 0 Å². The molecule has 0 saturated carbocycles. The summed E-state index contributed by atoms with van der Waals surface area (Å²) in [6, 6.07) is 0. The van der Waals surface area contributed by atoms with Gasteiger partial charge in [-0.15, -0.1) is 0 Å². The van der Waals surface area contributed by atoms with E-state index in [2.05, 4.69) is 20.3 Å². The van der Waals surface area contributed by atoms with E-state index in [1.165, 1.54) is 18.0 Å². The first-order valence-electron chi connectivity index (χ1n) is 8.12. The number of aliphatic hydroxyl groups excluding tert-OH is 2. The van der Waals surface area contributed by atoms with Gasteiger partial charge in [0.1, 0.15) is 18.3 Å². The van der Waals surface area contributed by atoms with E-state index in [1.54, 1.807) is 13.8 Å². The van der Waals surface area contributed by atoms with Crippen LogP contribution in [0.4, 0.5) is 5.95 Å². The molecule has 1 amide bonds. The van der Waals surface area contributed by atoms with Crippen molar-refractivity contribution in [1.82, 2.24) is 19.5 Å². The predicted molar refractivity (Wildman–Crippen MR) is 89.4 cm³/mol. The van der Waals surface area contributed by atoms with E-state index in [9.17, 15) is 19.8 Å². The maximum absolute atomic E-state index is 12.2. The van der Waals surface area contributed by atoms with Crippen molar-refractivity contribution in [2.24, 2.45) is 5.92 Å². The number of rotatable bonds is 5. The Hall–Kier alpha value is -2.34. The number of aromatic nitrogens is 4. The molecule has 4 atom stereocenters. The molecule has 1 aliphatic heterocycles. The zero-order valence-electron chi connectivity index (χ0n) is 14.5. The van der Waals surface area contributed by atoms with Gasteiger partial charge in [-0.2, -0.15) is 4.98 Å². The number of nitrogens with one attached hydrogen (secondary N) is 2. The fourth-order valence-electron chi connectivity index (χ4n) is 2.78. The number of nitrogens with zero attached hydrogens (tertiary/aromatic N) is 3. The Kier molecular flexibility index (Phi) is 5.05. The highest BCUT2D eigenvalue weighted by Gasteiger charge is 2.45. The zero-order valence-corrected chi connectivity index (χ0v) is 14.5. The highest BCUT2D eigenvalue weighted by Crippen LogP contribution is 2.32. The molecule has 11 heteroatoms. The van der Waals surface area contributed by atoms with Crippen molar-refractivity contribution in [2.45, 2.75) is 38.4 Å². The lowest BCUT2D eigenvalue weighted by molar-refractivity contribution is -0.118. The minimum absolute atomic E-state index is 0.0193. The Morgan fingerprint density at radius 3 is 2.88 bits per heavy atom. The number of ether oxygens (including phenoxy) is 2. The number of imidazole rings is 1. The maximum Gasteiger partial charge on any atom is 0.280 e. The van der Waals surface area contributed by atoms with E-state index in [-0.39, 0.29) is 28.9 Å². The minimum atomic E-state index is -1.06. The summed E-state index contributed by atoms with van der Waals surface area (Å²) < 4.78 is 12.3. The van der Waals surface area contributed by atoms with Gasteiger partial charge in [0, 0.05) is 13.0 Å². The molecule has 1 aliphatic rings. The molecular formula is C15H21N5O6. The van der Waals surface area contributed by atoms with Gasteiger partial charge in [0.25, 0.3) is 5.56 Å². The van der Waals surface area contributed by atoms with Crippen molar-refractivity contribution in [3.8, 4) is 0 Å². The normalized spacial score (nSPS) is 25.9. The van der Waals surface area contributed by atoms with Crippen LogP contribution in [-0.2, 0) is 14.3 Å². The largest absolute Gasteiger partial charge is 0.394 e. The molecule has 4 N–H and O–H groups in total. The Morgan fingerprint density at radius 2 is 2.27 bits per heavy atom. The quantitative estimate of drug-likeness (QED) is 0.524. The van der Waals surface area contributed by atoms with E-state index in [1.807, 2.05) is 0 Å². The smallest absolute Gasteiger partial charge is 0.280 e. The van der Waals surface area contributed by atoms with Crippen LogP contribution in [0.3, 0.4) is 0 Å². The molecule has 3 rings (SSSR count). The number of hydrogen-bond acceptors (Lipinski definition) is 8. The van der Waals surface area contributed by atoms with Crippen LogP contribution in [0.15, 0.2) is 11.1 Å². The summed E-state index contributed by atoms with van der Waals surface area (Å²) in [4.78, 5) is 34.8. The highest BCUT2D eigenvalue weighted by atomic mass is 16.6. The van der Waals surface area contributed by atoms with Crippen molar-refractivity contribution >= 4 is 23.0 Å². The summed E-state index contributed by atoms with van der Waals surface area (Å²) in [5.74, 6) is -0.618. The van der Waals surface area contributed by atoms with Crippen LogP contribution in [0, 0.1) is 5.92 Å². The molecule has 142 valence electrons. The Balaban J connectivity index is 2.03. The average Bonchev–Trinajstić information content (AvgIpc) is 3.15. The fourth-order valence-corrected chi connectivity index (χ4v) is 2.78. The molecule has 26 heavy (non-hydrogen) atoms. The third-order valence-electron chi connectivity index (χ3n) is 4.24. The summed E-state index contributed by atoms with van der Waals surface area (Å²) in [7, 11) is 1.40. The number of fused-ring (bicyclic) bond motifs is 1. The van der Waals surface area contributed by atoms with E-state index in [4.69, 9.17) is 9.47 Å². The number of anilines is 1. The van der Waals surface area contributed by atoms with E-state index < -0.39 is 36.7 Å². The predicted octanol–water partition coefficient (Wildman–Crippen LogP) is -1.02. The van der Waals surface area contributed by atoms with Gasteiger partial charge in [0.2, 0.25) is 11.9 Å². The SMILES string of the molecule is CO[C@H]1C(O)[C@@H](CO)O[C@H]1n1cnc2c(=O)[nH]c(NC(=O)C(C)C)nc21. The second-order valence-corrected chi connectivity index (χ2v) is 6.32. The van der Waals surface area contributed by atoms with Crippen LogP contribution in [0.2, 0.25) is 0 Å². The van der Waals surface area contributed by atoms with Crippen LogP contribution < -0.4 is 10.9 Å². The summed E-state index contributed by atoms with van der Waals surface area (Å²) in [6.45, 7) is 3.03. The van der Waals surface area contributed by atoms with Crippen molar-refractivity contribution in [3.05, 3.63) is 16.7 Å². The molecule has 1 fully saturated rings. The molecule has 0 aromatic carbocycles. The number of amides is 1. The number of carbonyl (C=O) groups is 1. The van der Waals surface area contributed by atoms with Crippen molar-refractivity contribution in [3.63, 3.8) is 0 Å². The molecule has 2 aromatic rings. The second kappa shape index (κ2) is 7.11. The Morgan fingerprint density at radius 1 is 1.54 bits per heavy atom. The first-order chi connectivity index (χ1) is 12.4. The summed E-state index contributed by atoms with van der Waals surface area (Å²) in [5.41, 5.74) is -0.322. The topological polar surface area (TPSA) is 152 Å². The molecule has 11 nitrogen and oxygen atoms in total. The first kappa shape index (κ1) is 18.5. The lowest BCUT2D eigenvalue weighted by Gasteiger charge is -2.20. The molecule has 0 spiro atoms. The van der Waals surface area contributed by atoms with Crippen molar-refractivity contribution in [1.29, 1.82) is 0 Å². The first-order valence-corrected chi connectivity index (χ1v) is 8.12. The van der Waals surface area contributed by atoms with Gasteiger partial charge in [-0.25, -0.2) is 4.98 Å². The van der Waals surface area contributed by atoms with Gasteiger partial charge in [0.05, 0.1) is 12.9 Å². The molecule has 0 aliphatic carbocycles. The molecule has 1 unspecified atom stereocenters. The third-order valence-corrected chi connectivity index (χ3v) is 4.24. The molecule has 0 radical (unpaired) electrons. The molecule has 2 aromatic heterocycles. The third kappa shape index (κ3) is 3.09. The van der Waals surface area contributed by atoms with Crippen molar-refractivity contribution < 1.29 is 24.5 Å². The number of aliphatic hydroxyl groups is 2. The van der Waals surface area contributed by atoms with Gasteiger partial charge in [-0.3, -0.25) is 24.5 Å². The minimum Gasteiger partial charge on any atom is -0.394 e. The standard InChI is InChI=1S/C15H21N5O6/c1-6(2)12(23)18-15-17-11-8(13(24)19-15)16-5-20(11)14-10(25-3)9(22)7(4-21)26-14/h5-7,9-10,14,21-22H,4H2,1-3H3,(H2,17,18,19,23,24)/t7-,9?,10+,14-/m1/s1. The number of aromatic amines is 1. The number of methoxy groups -OCH3 is 1. The number of H-pyrrole nitrogens is 1. The van der Waals surface area contributed by atoms with Crippen molar-refractivity contribution in [2.75, 3.05) is 19.0 Å². The van der Waals surface area contributed by atoms with Crippen LogP contribution in [0.5, 0.6) is 0 Å². The van der Waals surface area contributed by atoms with E-state index in [0.29, 0.717) is 0 Å². The molecular weight excluding hydrogens is 346 g/mol. The number of carbonyl (C=O) groups excluding carboxylic acids is 1. The fraction of sp³-hybridized carbons (Fsp3) is 0.600. The Labute approximate surface area is 148 Å². The summed E-state index contributed by atoms with van der Waals surface area (Å²) in [5, 5.41) is 22.1. The second-order valence-electron chi connectivity index (χ2n) is 6.32. The number of hydrogen-bond donors (Lipinski definition) is 4. The molecule has 0 bridgehead atoms. The molecule has 1 saturated heterocycles. The highest BCUT2D eigenvalue weighted by molar-refractivity contribution is 5.91. The average molecular weight is 367 g/mol. The Bertz CT molecular complexity index is 862.